The third-order valence-corrected chi connectivity index (χ3v) is 6.44. The molecule has 0 unspecified atom stereocenters. The van der Waals surface area contributed by atoms with E-state index in [2.05, 4.69) is 5.32 Å². The molecule has 0 fully saturated rings. The molecule has 0 radical (unpaired) electrons. The van der Waals surface area contributed by atoms with Crippen LogP contribution in [0.5, 0.6) is 11.5 Å². The van der Waals surface area contributed by atoms with Gasteiger partial charge in [-0.25, -0.2) is 9.40 Å². The van der Waals surface area contributed by atoms with Crippen molar-refractivity contribution in [3.8, 4) is 11.5 Å². The minimum absolute atomic E-state index is 0.169. The second-order valence-electron chi connectivity index (χ2n) is 7.57. The molecule has 3 aliphatic rings. The van der Waals surface area contributed by atoms with E-state index in [1.165, 1.54) is 17.8 Å². The number of amides is 1. The van der Waals surface area contributed by atoms with Crippen LogP contribution in [0.15, 0.2) is 76.8 Å². The van der Waals surface area contributed by atoms with Crippen molar-refractivity contribution in [3.05, 3.63) is 94.3 Å². The Morgan fingerprint density at radius 3 is 2.79 bits per heavy atom. The van der Waals surface area contributed by atoms with Crippen molar-refractivity contribution in [3.63, 3.8) is 0 Å². The summed E-state index contributed by atoms with van der Waals surface area (Å²) in [5, 5.41) is 11.0. The second kappa shape index (κ2) is 7.93. The Morgan fingerprint density at radius 1 is 1.06 bits per heavy atom. The molecule has 0 saturated carbocycles. The molecule has 0 saturated heterocycles. The van der Waals surface area contributed by atoms with Crippen molar-refractivity contribution in [2.45, 2.75) is 11.9 Å². The number of benzene rings is 3. The van der Waals surface area contributed by atoms with E-state index < -0.39 is 6.17 Å². The topological polar surface area (TPSA) is 75.5 Å². The van der Waals surface area contributed by atoms with Crippen molar-refractivity contribution >= 4 is 28.5 Å². The molecule has 1 amide bonds. The number of nitrogens with one attached hydrogen (secondary N) is 1. The number of para-hydroxylation sites is 1. The molecule has 3 heterocycles. The summed E-state index contributed by atoms with van der Waals surface area (Å²) >= 11 is 1.26. The minimum Gasteiger partial charge on any atom is -0.454 e. The maximum Gasteiger partial charge on any atom is 0.276 e. The van der Waals surface area contributed by atoms with Crippen LogP contribution in [0.2, 0.25) is 0 Å². The number of halogens is 1. The fourth-order valence-electron chi connectivity index (χ4n) is 3.94. The van der Waals surface area contributed by atoms with Gasteiger partial charge in [-0.05, 0) is 29.8 Å². The van der Waals surface area contributed by atoms with E-state index in [4.69, 9.17) is 19.6 Å². The summed E-state index contributed by atoms with van der Waals surface area (Å²) in [5.74, 6) is 1.05. The first kappa shape index (κ1) is 19.8. The van der Waals surface area contributed by atoms with Crippen molar-refractivity contribution in [1.29, 1.82) is 0 Å². The van der Waals surface area contributed by atoms with E-state index in [0.29, 0.717) is 44.3 Å². The van der Waals surface area contributed by atoms with Gasteiger partial charge in [0.25, 0.3) is 5.91 Å². The number of carbonyl (C=O) groups is 1. The number of hydrogen-bond donors (Lipinski definition) is 1. The third kappa shape index (κ3) is 3.50. The largest absolute Gasteiger partial charge is 0.454 e. The summed E-state index contributed by atoms with van der Waals surface area (Å²) in [7, 11) is 0. The first-order valence-electron chi connectivity index (χ1n) is 10.3. The fourth-order valence-corrected chi connectivity index (χ4v) is 4.78. The summed E-state index contributed by atoms with van der Waals surface area (Å²) in [5.41, 5.74) is 1.76. The summed E-state index contributed by atoms with van der Waals surface area (Å²) in [4.78, 5) is 18.1. The number of amidine groups is 1. The maximum absolute atomic E-state index is 14.1. The third-order valence-electron chi connectivity index (χ3n) is 5.53. The molecule has 6 rings (SSSR count). The number of ether oxygens (including phenoxy) is 2. The van der Waals surface area contributed by atoms with Crippen LogP contribution in [0.25, 0.3) is 5.70 Å². The summed E-state index contributed by atoms with van der Waals surface area (Å²) in [6.45, 7) is 0.169. The van der Waals surface area contributed by atoms with E-state index in [0.717, 1.165) is 5.56 Å². The average molecular weight is 460 g/mol. The number of carbonyl (C=O) groups excluding carboxylic acids is 1. The molecule has 7 nitrogen and oxygen atoms in total. The lowest BCUT2D eigenvalue weighted by Crippen LogP contribution is -2.50. The van der Waals surface area contributed by atoms with E-state index in [1.54, 1.807) is 23.2 Å². The molecule has 33 heavy (non-hydrogen) atoms. The molecule has 1 N–H and O–H groups in total. The molecule has 0 aromatic heterocycles. The molecule has 3 aliphatic heterocycles. The van der Waals surface area contributed by atoms with Gasteiger partial charge in [-0.15, -0.1) is 5.10 Å². The highest BCUT2D eigenvalue weighted by atomic mass is 32.2. The average Bonchev–Trinajstić information content (AvgIpc) is 3.31. The van der Waals surface area contributed by atoms with Gasteiger partial charge in [0.05, 0.1) is 5.36 Å². The molecule has 3 aromatic carbocycles. The van der Waals surface area contributed by atoms with Crippen LogP contribution in [-0.4, -0.2) is 22.9 Å². The predicted octanol–water partition coefficient (Wildman–Crippen LogP) is 2.63. The quantitative estimate of drug-likeness (QED) is 0.651. The van der Waals surface area contributed by atoms with Gasteiger partial charge in [-0.2, -0.15) is 0 Å². The first-order valence-corrected chi connectivity index (χ1v) is 11.3. The van der Waals surface area contributed by atoms with Gasteiger partial charge in [0, 0.05) is 16.5 Å². The minimum atomic E-state index is -0.570. The van der Waals surface area contributed by atoms with E-state index in [9.17, 15) is 9.18 Å². The number of fused-ring (bicyclic) bond motifs is 3. The van der Waals surface area contributed by atoms with Crippen molar-refractivity contribution in [2.24, 2.45) is 10.1 Å². The number of rotatable bonds is 3. The molecule has 0 bridgehead atoms. The standard InChI is InChI=1S/C24H17FN4O3S/c25-17-7-3-1-5-15(17)12-33-24-27-23(30)21-16-6-2-4-8-18(16)26-22(29(21)28-24)14-9-10-19-20(11-14)32-13-31-19/h1-11,22H,12-13H2,(H,27,28,30)/t22-/m0/s1. The van der Waals surface area contributed by atoms with Crippen LogP contribution >= 0.6 is 11.8 Å². The summed E-state index contributed by atoms with van der Waals surface area (Å²) in [6.07, 6.45) is -0.570. The molecule has 164 valence electrons. The van der Waals surface area contributed by atoms with Crippen LogP contribution in [0, 0.1) is 5.82 Å². The molecular weight excluding hydrogens is 443 g/mol. The lowest BCUT2D eigenvalue weighted by Gasteiger charge is -2.34. The van der Waals surface area contributed by atoms with Gasteiger partial charge in [0.1, 0.15) is 11.5 Å². The SMILES string of the molecule is O=C1NC(SCc2ccccc2F)=NN2C1=c1ccccc1=N[C@@H]2c1ccc2c(c1)OCO2. The smallest absolute Gasteiger partial charge is 0.276 e. The Balaban J connectivity index is 1.42. The van der Waals surface area contributed by atoms with E-state index in [-0.39, 0.29) is 18.5 Å². The van der Waals surface area contributed by atoms with E-state index in [1.807, 2.05) is 42.5 Å². The van der Waals surface area contributed by atoms with Crippen LogP contribution in [0.4, 0.5) is 4.39 Å². The highest BCUT2D eigenvalue weighted by Gasteiger charge is 2.35. The Labute approximate surface area is 192 Å². The first-order chi connectivity index (χ1) is 16.2. The highest BCUT2D eigenvalue weighted by molar-refractivity contribution is 8.13. The lowest BCUT2D eigenvalue weighted by atomic mass is 10.1. The maximum atomic E-state index is 14.1. The van der Waals surface area contributed by atoms with Gasteiger partial charge in [-0.3, -0.25) is 15.1 Å². The van der Waals surface area contributed by atoms with Crippen LogP contribution in [-0.2, 0) is 10.5 Å². The van der Waals surface area contributed by atoms with Crippen molar-refractivity contribution in [2.75, 3.05) is 6.79 Å². The molecule has 1 atom stereocenters. The zero-order valence-electron chi connectivity index (χ0n) is 17.2. The Morgan fingerprint density at radius 2 is 1.88 bits per heavy atom. The van der Waals surface area contributed by atoms with Crippen molar-refractivity contribution < 1.29 is 18.7 Å². The van der Waals surface area contributed by atoms with E-state index >= 15 is 0 Å². The van der Waals surface area contributed by atoms with Crippen LogP contribution in [0.3, 0.4) is 0 Å². The number of nitrogens with zero attached hydrogens (tertiary/aromatic N) is 3. The second-order valence-corrected chi connectivity index (χ2v) is 8.53. The van der Waals surface area contributed by atoms with Gasteiger partial charge in [-0.1, -0.05) is 54.2 Å². The van der Waals surface area contributed by atoms with Gasteiger partial charge in [0.15, 0.2) is 22.8 Å². The van der Waals surface area contributed by atoms with Gasteiger partial charge in [0.2, 0.25) is 6.79 Å². The summed E-state index contributed by atoms with van der Waals surface area (Å²) < 4.78 is 25.0. The highest BCUT2D eigenvalue weighted by Crippen LogP contribution is 2.38. The lowest BCUT2D eigenvalue weighted by molar-refractivity contribution is -0.116. The Bertz CT molecular complexity index is 1440. The monoisotopic (exact) mass is 460 g/mol. The predicted molar refractivity (Wildman–Crippen MR) is 121 cm³/mol. The Kier molecular flexibility index (Phi) is 4.76. The fraction of sp³-hybridized carbons (Fsp3) is 0.125. The molecule has 9 heteroatoms. The van der Waals surface area contributed by atoms with Crippen LogP contribution < -0.4 is 25.4 Å². The normalized spacial score (nSPS) is 18.2. The number of hydrogen-bond acceptors (Lipinski definition) is 7. The number of thioether (sulfide) groups is 1. The molecule has 0 spiro atoms. The molecular formula is C24H17FN4O3S. The Hall–Kier alpha value is -3.85. The summed E-state index contributed by atoms with van der Waals surface area (Å²) in [6, 6.07) is 19.6. The van der Waals surface area contributed by atoms with Crippen molar-refractivity contribution in [1.82, 2.24) is 10.3 Å². The van der Waals surface area contributed by atoms with Gasteiger partial charge >= 0.3 is 0 Å². The number of hydrazone groups is 1. The van der Waals surface area contributed by atoms with Crippen LogP contribution in [0.1, 0.15) is 17.3 Å². The molecule has 3 aromatic rings. The molecule has 0 aliphatic carbocycles. The zero-order valence-corrected chi connectivity index (χ0v) is 18.0. The zero-order chi connectivity index (χ0) is 22.4. The van der Waals surface area contributed by atoms with Gasteiger partial charge < -0.3 is 9.47 Å².